The minimum absolute atomic E-state index is 0.284. The van der Waals surface area contributed by atoms with E-state index in [1.165, 1.54) is 12.5 Å². The van der Waals surface area contributed by atoms with Gasteiger partial charge in [-0.05, 0) is 18.2 Å². The van der Waals surface area contributed by atoms with Gasteiger partial charge in [-0.1, -0.05) is 0 Å². The fraction of sp³-hybridized carbons (Fsp3) is 0.353. The van der Waals surface area contributed by atoms with Gasteiger partial charge in [0.2, 0.25) is 0 Å². The van der Waals surface area contributed by atoms with Crippen LogP contribution in [0.15, 0.2) is 46.0 Å². The van der Waals surface area contributed by atoms with Crippen LogP contribution in [0.1, 0.15) is 11.1 Å². The molecule has 4 rings (SSSR count). The van der Waals surface area contributed by atoms with Crippen LogP contribution in [0.5, 0.6) is 0 Å². The zero-order valence-corrected chi connectivity index (χ0v) is 12.7. The standard InChI is InChI=1S/C11H7NO2.C6H10O4/c12-6-11(10-2-4-14-8-10)5-9-1-3-13-7-9;7-3-1-9-6-4(8)2-10-5(3)6/h1-5,7-8H;3-8H,1-2H2/b11-5+;/t;3-,4-,5-,6-/m.1/s1. The number of allylic oxidation sites excluding steroid dienone is 1. The normalized spacial score (nSPS) is 28.8. The Balaban J connectivity index is 0.000000149. The lowest BCUT2D eigenvalue weighted by Crippen LogP contribution is -2.30. The third-order valence-electron chi connectivity index (χ3n) is 3.81. The number of nitrogens with zero attached hydrogens (tertiary/aromatic N) is 1. The van der Waals surface area contributed by atoms with Crippen LogP contribution in [-0.4, -0.2) is 47.8 Å². The molecule has 126 valence electrons. The molecular formula is C17H17NO6. The van der Waals surface area contributed by atoms with E-state index in [9.17, 15) is 0 Å². The first-order valence-corrected chi connectivity index (χ1v) is 7.45. The number of fused-ring (bicyclic) bond motifs is 1. The molecule has 24 heavy (non-hydrogen) atoms. The zero-order valence-electron chi connectivity index (χ0n) is 12.7. The predicted molar refractivity (Wildman–Crippen MR) is 82.4 cm³/mol. The quantitative estimate of drug-likeness (QED) is 0.801. The van der Waals surface area contributed by atoms with Gasteiger partial charge in [0.25, 0.3) is 0 Å². The van der Waals surface area contributed by atoms with Crippen LogP contribution in [0.3, 0.4) is 0 Å². The van der Waals surface area contributed by atoms with Gasteiger partial charge in [-0.2, -0.15) is 5.26 Å². The Morgan fingerprint density at radius 2 is 1.67 bits per heavy atom. The Morgan fingerprint density at radius 1 is 1.04 bits per heavy atom. The van der Waals surface area contributed by atoms with Crippen LogP contribution in [0.4, 0.5) is 0 Å². The maximum Gasteiger partial charge on any atom is 0.114 e. The second-order valence-electron chi connectivity index (χ2n) is 5.47. The van der Waals surface area contributed by atoms with Crippen molar-refractivity contribution in [1.29, 1.82) is 5.26 Å². The van der Waals surface area contributed by atoms with Crippen molar-refractivity contribution in [2.75, 3.05) is 13.2 Å². The topological polar surface area (TPSA) is 109 Å². The summed E-state index contributed by atoms with van der Waals surface area (Å²) in [7, 11) is 0. The summed E-state index contributed by atoms with van der Waals surface area (Å²) in [4.78, 5) is 0. The van der Waals surface area contributed by atoms with Crippen molar-refractivity contribution in [2.24, 2.45) is 0 Å². The molecule has 0 spiro atoms. The lowest BCUT2D eigenvalue weighted by molar-refractivity contribution is 0.00205. The lowest BCUT2D eigenvalue weighted by atomic mass is 10.1. The summed E-state index contributed by atoms with van der Waals surface area (Å²) < 4.78 is 20.0. The van der Waals surface area contributed by atoms with E-state index in [-0.39, 0.29) is 25.4 Å². The molecule has 0 bridgehead atoms. The van der Waals surface area contributed by atoms with Crippen LogP contribution in [0.25, 0.3) is 11.6 Å². The number of ether oxygens (including phenoxy) is 2. The van der Waals surface area contributed by atoms with Gasteiger partial charge in [0.05, 0.1) is 49.9 Å². The van der Waals surface area contributed by atoms with Gasteiger partial charge >= 0.3 is 0 Å². The van der Waals surface area contributed by atoms with Crippen molar-refractivity contribution in [3.05, 3.63) is 48.3 Å². The van der Waals surface area contributed by atoms with Gasteiger partial charge in [0.1, 0.15) is 24.4 Å². The van der Waals surface area contributed by atoms with Gasteiger partial charge in [-0.25, -0.2) is 0 Å². The molecule has 2 aliphatic heterocycles. The van der Waals surface area contributed by atoms with E-state index in [0.29, 0.717) is 5.57 Å². The fourth-order valence-electron chi connectivity index (χ4n) is 2.58. The van der Waals surface area contributed by atoms with E-state index in [0.717, 1.165) is 11.1 Å². The van der Waals surface area contributed by atoms with Crippen LogP contribution < -0.4 is 0 Å². The van der Waals surface area contributed by atoms with Gasteiger partial charge < -0.3 is 28.5 Å². The molecule has 2 fully saturated rings. The van der Waals surface area contributed by atoms with Gasteiger partial charge in [-0.3, -0.25) is 0 Å². The third-order valence-corrected chi connectivity index (χ3v) is 3.81. The first kappa shape index (κ1) is 16.5. The van der Waals surface area contributed by atoms with Crippen molar-refractivity contribution >= 4 is 11.6 Å². The highest BCUT2D eigenvalue weighted by molar-refractivity contribution is 5.89. The number of hydrogen-bond acceptors (Lipinski definition) is 7. The molecule has 7 heteroatoms. The highest BCUT2D eigenvalue weighted by Crippen LogP contribution is 2.26. The fourth-order valence-corrected chi connectivity index (χ4v) is 2.58. The van der Waals surface area contributed by atoms with Gasteiger partial charge in [-0.15, -0.1) is 0 Å². The number of nitriles is 1. The Morgan fingerprint density at radius 3 is 2.17 bits per heavy atom. The molecule has 2 saturated heterocycles. The van der Waals surface area contributed by atoms with E-state index < -0.39 is 12.2 Å². The largest absolute Gasteiger partial charge is 0.472 e. The molecule has 0 aliphatic carbocycles. The summed E-state index contributed by atoms with van der Waals surface area (Å²) in [6.07, 6.45) is 6.27. The van der Waals surface area contributed by atoms with Crippen molar-refractivity contribution in [2.45, 2.75) is 24.4 Å². The number of hydrogen-bond donors (Lipinski definition) is 2. The highest BCUT2D eigenvalue weighted by atomic mass is 16.6. The molecule has 2 aliphatic rings. The smallest absolute Gasteiger partial charge is 0.114 e. The predicted octanol–water partition coefficient (Wildman–Crippen LogP) is 1.44. The summed E-state index contributed by atoms with van der Waals surface area (Å²) in [6.45, 7) is 0.568. The Labute approximate surface area is 138 Å². The molecule has 4 atom stereocenters. The van der Waals surface area contributed by atoms with Crippen molar-refractivity contribution in [3.63, 3.8) is 0 Å². The molecule has 2 aromatic heterocycles. The monoisotopic (exact) mass is 331 g/mol. The Hall–Kier alpha value is -2.37. The summed E-state index contributed by atoms with van der Waals surface area (Å²) in [6, 6.07) is 5.64. The van der Waals surface area contributed by atoms with E-state index in [2.05, 4.69) is 6.07 Å². The average Bonchev–Trinajstić information content (AvgIpc) is 3.34. The summed E-state index contributed by atoms with van der Waals surface area (Å²) >= 11 is 0. The highest BCUT2D eigenvalue weighted by Gasteiger charge is 2.46. The maximum atomic E-state index is 9.16. The second kappa shape index (κ2) is 7.47. The molecule has 7 nitrogen and oxygen atoms in total. The molecule has 2 N–H and O–H groups in total. The molecule has 0 aromatic carbocycles. The summed E-state index contributed by atoms with van der Waals surface area (Å²) in [5.41, 5.74) is 2.19. The zero-order chi connectivity index (χ0) is 16.9. The number of furan rings is 2. The molecular weight excluding hydrogens is 314 g/mol. The molecule has 0 unspecified atom stereocenters. The SMILES string of the molecule is N#C/C(=C\c1ccoc1)c1ccoc1.O[C@@H]1CO[C@H]2[C@@H]1OC[C@H]2O. The number of rotatable bonds is 2. The lowest BCUT2D eigenvalue weighted by Gasteiger charge is -2.09. The minimum atomic E-state index is -0.554. The average molecular weight is 331 g/mol. The van der Waals surface area contributed by atoms with Gasteiger partial charge in [0.15, 0.2) is 0 Å². The summed E-state index contributed by atoms with van der Waals surface area (Å²) in [5, 5.41) is 27.2. The minimum Gasteiger partial charge on any atom is -0.472 e. The van der Waals surface area contributed by atoms with Crippen LogP contribution in [-0.2, 0) is 9.47 Å². The Kier molecular flexibility index (Phi) is 5.13. The van der Waals surface area contributed by atoms with Crippen LogP contribution in [0, 0.1) is 11.3 Å². The van der Waals surface area contributed by atoms with E-state index in [1.54, 1.807) is 30.7 Å². The molecule has 0 radical (unpaired) electrons. The summed E-state index contributed by atoms with van der Waals surface area (Å²) in [5.74, 6) is 0. The van der Waals surface area contributed by atoms with Crippen LogP contribution in [0.2, 0.25) is 0 Å². The molecule has 0 amide bonds. The van der Waals surface area contributed by atoms with Gasteiger partial charge in [0, 0.05) is 11.1 Å². The second-order valence-corrected chi connectivity index (χ2v) is 5.47. The first-order valence-electron chi connectivity index (χ1n) is 7.45. The maximum absolute atomic E-state index is 9.16. The number of aliphatic hydroxyl groups is 2. The van der Waals surface area contributed by atoms with Crippen molar-refractivity contribution in [1.82, 2.24) is 0 Å². The molecule has 4 heterocycles. The van der Waals surface area contributed by atoms with Crippen molar-refractivity contribution < 1.29 is 28.5 Å². The molecule has 0 saturated carbocycles. The first-order chi connectivity index (χ1) is 11.7. The Bertz CT molecular complexity index is 684. The molecule has 2 aromatic rings. The van der Waals surface area contributed by atoms with Crippen molar-refractivity contribution in [3.8, 4) is 6.07 Å². The van der Waals surface area contributed by atoms with E-state index >= 15 is 0 Å². The van der Waals surface area contributed by atoms with E-state index in [4.69, 9.17) is 33.8 Å². The van der Waals surface area contributed by atoms with Crippen LogP contribution >= 0.6 is 0 Å². The van der Waals surface area contributed by atoms with E-state index in [1.807, 2.05) is 0 Å². The number of aliphatic hydroxyl groups excluding tert-OH is 2. The third kappa shape index (κ3) is 3.58.